The van der Waals surface area contributed by atoms with Crippen LogP contribution < -0.4 is 0 Å². The van der Waals surface area contributed by atoms with E-state index in [9.17, 15) is 4.79 Å². The van der Waals surface area contributed by atoms with Crippen molar-refractivity contribution in [2.24, 2.45) is 11.3 Å². The maximum Gasteiger partial charge on any atom is 0.355 e. The molecule has 0 spiro atoms. The fraction of sp³-hybridized carbons (Fsp3) is 0.615. The predicted octanol–water partition coefficient (Wildman–Crippen LogP) is 3.09. The van der Waals surface area contributed by atoms with Gasteiger partial charge in [-0.2, -0.15) is 0 Å². The van der Waals surface area contributed by atoms with Gasteiger partial charge in [0, 0.05) is 9.26 Å². The third-order valence-corrected chi connectivity index (χ3v) is 5.84. The molecular formula is C13H16INO2. The second-order valence-electron chi connectivity index (χ2n) is 5.71. The van der Waals surface area contributed by atoms with Crippen LogP contribution in [0, 0.1) is 14.9 Å². The maximum absolute atomic E-state index is 11.7. The van der Waals surface area contributed by atoms with Crippen LogP contribution in [0.15, 0.2) is 0 Å². The Morgan fingerprint density at radius 2 is 2.24 bits per heavy atom. The number of aromatic amines is 1. The van der Waals surface area contributed by atoms with Crippen molar-refractivity contribution >= 4 is 28.6 Å². The van der Waals surface area contributed by atoms with Gasteiger partial charge in [0.1, 0.15) is 5.69 Å². The lowest BCUT2D eigenvalue weighted by Gasteiger charge is -2.56. The van der Waals surface area contributed by atoms with Gasteiger partial charge in [-0.1, -0.05) is 13.8 Å². The molecule has 1 fully saturated rings. The molecule has 0 amide bonds. The summed E-state index contributed by atoms with van der Waals surface area (Å²) >= 11 is 2.28. The van der Waals surface area contributed by atoms with Crippen LogP contribution in [-0.4, -0.2) is 18.1 Å². The first-order chi connectivity index (χ1) is 7.96. The summed E-state index contributed by atoms with van der Waals surface area (Å²) in [4.78, 5) is 14.9. The number of hydrogen-bond acceptors (Lipinski definition) is 2. The Morgan fingerprint density at radius 1 is 1.53 bits per heavy atom. The van der Waals surface area contributed by atoms with Crippen LogP contribution in [0.3, 0.4) is 0 Å². The highest BCUT2D eigenvalue weighted by molar-refractivity contribution is 14.1. The number of halogens is 1. The number of ether oxygens (including phenoxy) is 1. The van der Waals surface area contributed by atoms with Gasteiger partial charge in [-0.25, -0.2) is 4.79 Å². The summed E-state index contributed by atoms with van der Waals surface area (Å²) in [6, 6.07) is 0. The number of hydrogen-bond donors (Lipinski definition) is 1. The highest BCUT2D eigenvalue weighted by atomic mass is 127. The van der Waals surface area contributed by atoms with Crippen LogP contribution in [-0.2, 0) is 11.2 Å². The normalized spacial score (nSPS) is 28.2. The molecule has 2 unspecified atom stereocenters. The molecule has 1 heterocycles. The third-order valence-electron chi connectivity index (χ3n) is 4.72. The molecular weight excluding hydrogens is 329 g/mol. The van der Waals surface area contributed by atoms with Gasteiger partial charge >= 0.3 is 5.97 Å². The van der Waals surface area contributed by atoms with E-state index in [4.69, 9.17) is 4.74 Å². The second kappa shape index (κ2) is 3.49. The zero-order chi connectivity index (χ0) is 12.4. The molecule has 1 aromatic heterocycles. The summed E-state index contributed by atoms with van der Waals surface area (Å²) in [6.07, 6.45) is 2.35. The van der Waals surface area contributed by atoms with E-state index >= 15 is 0 Å². The number of nitrogens with one attached hydrogen (secondary N) is 1. The number of carbonyl (C=O) groups is 1. The summed E-state index contributed by atoms with van der Waals surface area (Å²) in [7, 11) is 1.43. The van der Waals surface area contributed by atoms with Crippen LogP contribution in [0.25, 0.3) is 0 Å². The van der Waals surface area contributed by atoms with Gasteiger partial charge in [-0.3, -0.25) is 0 Å². The molecule has 0 aliphatic heterocycles. The van der Waals surface area contributed by atoms with Crippen LogP contribution in [0.1, 0.15) is 47.9 Å². The molecule has 0 saturated heterocycles. The Balaban J connectivity index is 2.10. The summed E-state index contributed by atoms with van der Waals surface area (Å²) < 4.78 is 5.89. The molecule has 0 aromatic carbocycles. The van der Waals surface area contributed by atoms with Crippen molar-refractivity contribution in [1.29, 1.82) is 0 Å². The van der Waals surface area contributed by atoms with Crippen molar-refractivity contribution in [2.75, 3.05) is 7.11 Å². The van der Waals surface area contributed by atoms with E-state index in [1.807, 2.05) is 0 Å². The standard InChI is InChI=1S/C13H16INO2/c1-13(2)6-4-7(13)9-8(5-6)15-11(10(9)14)12(16)17-3/h6-7,15H,4-5H2,1-3H3. The molecule has 0 radical (unpaired) electrons. The van der Waals surface area contributed by atoms with E-state index in [-0.39, 0.29) is 5.97 Å². The van der Waals surface area contributed by atoms with Gasteiger partial charge in [-0.15, -0.1) is 0 Å². The first-order valence-corrected chi connectivity index (χ1v) is 7.03. The van der Waals surface area contributed by atoms with Gasteiger partial charge in [0.25, 0.3) is 0 Å². The molecule has 1 aromatic rings. The number of aromatic nitrogens is 1. The Labute approximate surface area is 114 Å². The largest absolute Gasteiger partial charge is 0.464 e. The molecule has 3 aliphatic carbocycles. The van der Waals surface area contributed by atoms with Crippen molar-refractivity contribution in [3.63, 3.8) is 0 Å². The summed E-state index contributed by atoms with van der Waals surface area (Å²) in [5.74, 6) is 1.12. The van der Waals surface area contributed by atoms with Crippen LogP contribution in [0.4, 0.5) is 0 Å². The average Bonchev–Trinajstić information content (AvgIpc) is 2.66. The summed E-state index contributed by atoms with van der Waals surface area (Å²) in [5, 5.41) is 0. The lowest BCUT2D eigenvalue weighted by molar-refractivity contribution is 0.0174. The smallest absolute Gasteiger partial charge is 0.355 e. The SMILES string of the molecule is COC(=O)c1[nH]c2c(c1I)C1CC(C2)C1(C)C. The number of esters is 1. The van der Waals surface area contributed by atoms with E-state index in [0.29, 0.717) is 17.0 Å². The van der Waals surface area contributed by atoms with Gasteiger partial charge in [0.2, 0.25) is 0 Å². The lowest BCUT2D eigenvalue weighted by atomic mass is 9.48. The number of rotatable bonds is 1. The summed E-state index contributed by atoms with van der Waals surface area (Å²) in [5.41, 5.74) is 3.66. The summed E-state index contributed by atoms with van der Waals surface area (Å²) in [6.45, 7) is 4.69. The number of H-pyrrole nitrogens is 1. The van der Waals surface area contributed by atoms with E-state index in [0.717, 1.165) is 15.9 Å². The lowest BCUT2D eigenvalue weighted by Crippen LogP contribution is -2.48. The second-order valence-corrected chi connectivity index (χ2v) is 6.79. The molecule has 2 bridgehead atoms. The van der Waals surface area contributed by atoms with Crippen molar-refractivity contribution in [1.82, 2.24) is 4.98 Å². The Kier molecular flexibility index (Phi) is 2.38. The molecule has 3 aliphatic rings. The van der Waals surface area contributed by atoms with E-state index in [1.54, 1.807) is 0 Å². The van der Waals surface area contributed by atoms with Crippen LogP contribution in [0.5, 0.6) is 0 Å². The average molecular weight is 345 g/mol. The first-order valence-electron chi connectivity index (χ1n) is 5.95. The van der Waals surface area contributed by atoms with Crippen molar-refractivity contribution in [3.8, 4) is 0 Å². The zero-order valence-electron chi connectivity index (χ0n) is 10.3. The van der Waals surface area contributed by atoms with Gasteiger partial charge in [0.15, 0.2) is 0 Å². The Bertz CT molecular complexity index is 504. The molecule has 2 atom stereocenters. The van der Waals surface area contributed by atoms with E-state index in [1.165, 1.54) is 24.8 Å². The van der Waals surface area contributed by atoms with Crippen LogP contribution in [0.2, 0.25) is 0 Å². The molecule has 1 saturated carbocycles. The van der Waals surface area contributed by atoms with Gasteiger partial charge in [-0.05, 0) is 58.2 Å². The number of methoxy groups -OCH3 is 1. The van der Waals surface area contributed by atoms with Gasteiger partial charge < -0.3 is 9.72 Å². The van der Waals surface area contributed by atoms with Crippen molar-refractivity contribution in [3.05, 3.63) is 20.5 Å². The number of carbonyl (C=O) groups excluding carboxylic acids is 1. The molecule has 4 heteroatoms. The van der Waals surface area contributed by atoms with Crippen molar-refractivity contribution < 1.29 is 9.53 Å². The highest BCUT2D eigenvalue weighted by Gasteiger charge is 2.54. The van der Waals surface area contributed by atoms with E-state index < -0.39 is 0 Å². The Morgan fingerprint density at radius 3 is 2.82 bits per heavy atom. The molecule has 17 heavy (non-hydrogen) atoms. The molecule has 4 rings (SSSR count). The predicted molar refractivity (Wildman–Crippen MR) is 73.2 cm³/mol. The minimum atomic E-state index is -0.251. The molecule has 3 nitrogen and oxygen atoms in total. The first kappa shape index (κ1) is 11.6. The van der Waals surface area contributed by atoms with Crippen molar-refractivity contribution in [2.45, 2.75) is 32.6 Å². The zero-order valence-corrected chi connectivity index (χ0v) is 12.4. The minimum Gasteiger partial charge on any atom is -0.464 e. The molecule has 92 valence electrons. The topological polar surface area (TPSA) is 42.1 Å². The third kappa shape index (κ3) is 1.36. The van der Waals surface area contributed by atoms with Crippen LogP contribution >= 0.6 is 22.6 Å². The quantitative estimate of drug-likeness (QED) is 0.628. The minimum absolute atomic E-state index is 0.251. The molecule has 1 N–H and O–H groups in total. The fourth-order valence-electron chi connectivity index (χ4n) is 3.41. The Hall–Kier alpha value is -0.520. The monoisotopic (exact) mass is 345 g/mol. The highest BCUT2D eigenvalue weighted by Crippen LogP contribution is 2.63. The van der Waals surface area contributed by atoms with E-state index in [2.05, 4.69) is 41.4 Å². The van der Waals surface area contributed by atoms with Gasteiger partial charge in [0.05, 0.1) is 7.11 Å². The fourth-order valence-corrected chi connectivity index (χ4v) is 4.46. The maximum atomic E-state index is 11.7.